The van der Waals surface area contributed by atoms with Gasteiger partial charge in [0.2, 0.25) is 0 Å². The summed E-state index contributed by atoms with van der Waals surface area (Å²) in [6.07, 6.45) is 4.40. The highest BCUT2D eigenvalue weighted by molar-refractivity contribution is 5.14. The van der Waals surface area contributed by atoms with Gasteiger partial charge in [0.15, 0.2) is 0 Å². The van der Waals surface area contributed by atoms with Crippen molar-refractivity contribution in [2.75, 3.05) is 13.2 Å². The average molecular weight is 263 g/mol. The smallest absolute Gasteiger partial charge is 0.0988 e. The van der Waals surface area contributed by atoms with Gasteiger partial charge in [-0.05, 0) is 31.2 Å². The lowest BCUT2D eigenvalue weighted by atomic mass is 9.86. The lowest BCUT2D eigenvalue weighted by Gasteiger charge is -2.41. The Morgan fingerprint density at radius 1 is 1.16 bits per heavy atom. The zero-order chi connectivity index (χ0) is 13.5. The summed E-state index contributed by atoms with van der Waals surface area (Å²) in [5.41, 5.74) is 7.31. The molecule has 3 heteroatoms. The van der Waals surface area contributed by atoms with Crippen LogP contribution < -0.4 is 5.73 Å². The summed E-state index contributed by atoms with van der Waals surface area (Å²) >= 11 is 0. The van der Waals surface area contributed by atoms with E-state index in [0.29, 0.717) is 0 Å². The summed E-state index contributed by atoms with van der Waals surface area (Å²) in [6.45, 7) is 3.68. The number of hydrogen-bond donors (Lipinski definition) is 1. The molecular weight excluding hydrogens is 238 g/mol. The molecule has 1 aliphatic carbocycles. The molecule has 1 aromatic carbocycles. The molecule has 0 bridgehead atoms. The van der Waals surface area contributed by atoms with E-state index in [1.54, 1.807) is 0 Å². The highest BCUT2D eigenvalue weighted by Gasteiger charge is 2.40. The van der Waals surface area contributed by atoms with Gasteiger partial charge in [0.05, 0.1) is 12.2 Å². The first-order valence-corrected chi connectivity index (χ1v) is 7.34. The SMILES string of the molecule is CCCOC1C(N)CC1OCCCc1ccccc1. The molecule has 0 aromatic heterocycles. The Hall–Kier alpha value is -0.900. The highest BCUT2D eigenvalue weighted by Crippen LogP contribution is 2.26. The van der Waals surface area contributed by atoms with Crippen LogP contribution in [-0.4, -0.2) is 31.5 Å². The molecule has 0 radical (unpaired) electrons. The van der Waals surface area contributed by atoms with Crippen LogP contribution in [-0.2, 0) is 15.9 Å². The summed E-state index contributed by atoms with van der Waals surface area (Å²) in [5, 5.41) is 0. The van der Waals surface area contributed by atoms with Gasteiger partial charge in [-0.2, -0.15) is 0 Å². The number of nitrogens with two attached hydrogens (primary N) is 1. The van der Waals surface area contributed by atoms with Crippen molar-refractivity contribution in [3.8, 4) is 0 Å². The van der Waals surface area contributed by atoms with Crippen LogP contribution in [0.2, 0.25) is 0 Å². The van der Waals surface area contributed by atoms with Crippen molar-refractivity contribution >= 4 is 0 Å². The molecule has 0 spiro atoms. The monoisotopic (exact) mass is 263 g/mol. The van der Waals surface area contributed by atoms with Crippen LogP contribution in [0.3, 0.4) is 0 Å². The Morgan fingerprint density at radius 2 is 1.95 bits per heavy atom. The fourth-order valence-electron chi connectivity index (χ4n) is 2.42. The first-order chi connectivity index (χ1) is 9.31. The molecule has 1 saturated carbocycles. The summed E-state index contributed by atoms with van der Waals surface area (Å²) in [7, 11) is 0. The second kappa shape index (κ2) is 7.63. The molecule has 2 rings (SSSR count). The Labute approximate surface area is 116 Å². The third-order valence-corrected chi connectivity index (χ3v) is 3.59. The maximum atomic E-state index is 5.94. The number of hydrogen-bond acceptors (Lipinski definition) is 3. The van der Waals surface area contributed by atoms with Crippen molar-refractivity contribution in [1.82, 2.24) is 0 Å². The van der Waals surface area contributed by atoms with Gasteiger partial charge >= 0.3 is 0 Å². The number of aryl methyl sites for hydroxylation is 1. The zero-order valence-electron chi connectivity index (χ0n) is 11.8. The Morgan fingerprint density at radius 3 is 2.63 bits per heavy atom. The first kappa shape index (κ1) is 14.5. The first-order valence-electron chi connectivity index (χ1n) is 7.34. The van der Waals surface area contributed by atoms with Crippen molar-refractivity contribution in [3.05, 3.63) is 35.9 Å². The van der Waals surface area contributed by atoms with Crippen LogP contribution in [0, 0.1) is 0 Å². The Balaban J connectivity index is 1.60. The van der Waals surface area contributed by atoms with Crippen LogP contribution in [0.5, 0.6) is 0 Å². The van der Waals surface area contributed by atoms with E-state index in [-0.39, 0.29) is 18.2 Å². The van der Waals surface area contributed by atoms with E-state index in [1.807, 2.05) is 6.07 Å². The molecule has 1 aliphatic rings. The Kier molecular flexibility index (Phi) is 5.83. The van der Waals surface area contributed by atoms with Crippen molar-refractivity contribution in [2.45, 2.75) is 50.9 Å². The molecule has 19 heavy (non-hydrogen) atoms. The molecular formula is C16H25NO2. The van der Waals surface area contributed by atoms with Crippen molar-refractivity contribution in [3.63, 3.8) is 0 Å². The number of rotatable bonds is 8. The molecule has 2 N–H and O–H groups in total. The molecule has 0 amide bonds. The van der Waals surface area contributed by atoms with Gasteiger partial charge in [-0.15, -0.1) is 0 Å². The second-order valence-electron chi connectivity index (χ2n) is 5.23. The molecule has 0 saturated heterocycles. The number of benzene rings is 1. The fraction of sp³-hybridized carbons (Fsp3) is 0.625. The van der Waals surface area contributed by atoms with Gasteiger partial charge in [-0.3, -0.25) is 0 Å². The number of ether oxygens (including phenoxy) is 2. The molecule has 1 aromatic rings. The van der Waals surface area contributed by atoms with Gasteiger partial charge in [-0.1, -0.05) is 37.3 Å². The van der Waals surface area contributed by atoms with E-state index in [4.69, 9.17) is 15.2 Å². The van der Waals surface area contributed by atoms with Crippen LogP contribution in [0.1, 0.15) is 31.7 Å². The molecule has 106 valence electrons. The average Bonchev–Trinajstić information content (AvgIpc) is 2.43. The standard InChI is InChI=1S/C16H25NO2/c1-2-10-19-16-14(17)12-15(16)18-11-6-9-13-7-4-3-5-8-13/h3-5,7-8,14-16H,2,6,9-12,17H2,1H3. The van der Waals surface area contributed by atoms with Crippen molar-refractivity contribution < 1.29 is 9.47 Å². The maximum Gasteiger partial charge on any atom is 0.0988 e. The summed E-state index contributed by atoms with van der Waals surface area (Å²) in [5.74, 6) is 0. The van der Waals surface area contributed by atoms with Gasteiger partial charge < -0.3 is 15.2 Å². The quantitative estimate of drug-likeness (QED) is 0.733. The summed E-state index contributed by atoms with van der Waals surface area (Å²) < 4.78 is 11.6. The summed E-state index contributed by atoms with van der Waals surface area (Å²) in [4.78, 5) is 0. The lowest BCUT2D eigenvalue weighted by Crippen LogP contribution is -2.58. The maximum absolute atomic E-state index is 5.94. The molecule has 0 aliphatic heterocycles. The molecule has 3 unspecified atom stereocenters. The topological polar surface area (TPSA) is 44.5 Å². The molecule has 1 fully saturated rings. The van der Waals surface area contributed by atoms with E-state index in [0.717, 1.165) is 38.9 Å². The molecule has 3 nitrogen and oxygen atoms in total. The van der Waals surface area contributed by atoms with E-state index in [9.17, 15) is 0 Å². The fourth-order valence-corrected chi connectivity index (χ4v) is 2.42. The van der Waals surface area contributed by atoms with E-state index >= 15 is 0 Å². The van der Waals surface area contributed by atoms with Gasteiger partial charge in [0.25, 0.3) is 0 Å². The van der Waals surface area contributed by atoms with E-state index < -0.39 is 0 Å². The minimum atomic E-state index is 0.108. The predicted octanol–water partition coefficient (Wildman–Crippen LogP) is 2.53. The van der Waals surface area contributed by atoms with Crippen molar-refractivity contribution in [1.29, 1.82) is 0 Å². The van der Waals surface area contributed by atoms with Crippen LogP contribution >= 0.6 is 0 Å². The minimum Gasteiger partial charge on any atom is -0.375 e. The van der Waals surface area contributed by atoms with Crippen LogP contribution in [0.15, 0.2) is 30.3 Å². The lowest BCUT2D eigenvalue weighted by molar-refractivity contribution is -0.139. The van der Waals surface area contributed by atoms with Crippen LogP contribution in [0.25, 0.3) is 0 Å². The third-order valence-electron chi connectivity index (χ3n) is 3.59. The normalized spacial score (nSPS) is 26.1. The molecule has 0 heterocycles. The van der Waals surface area contributed by atoms with Crippen LogP contribution in [0.4, 0.5) is 0 Å². The molecule has 3 atom stereocenters. The zero-order valence-corrected chi connectivity index (χ0v) is 11.8. The second-order valence-corrected chi connectivity index (χ2v) is 5.23. The minimum absolute atomic E-state index is 0.108. The van der Waals surface area contributed by atoms with Gasteiger partial charge in [0, 0.05) is 19.3 Å². The van der Waals surface area contributed by atoms with E-state index in [1.165, 1.54) is 5.56 Å². The Bertz CT molecular complexity index is 355. The third kappa shape index (κ3) is 4.30. The largest absolute Gasteiger partial charge is 0.375 e. The summed E-state index contributed by atoms with van der Waals surface area (Å²) in [6, 6.07) is 10.7. The highest BCUT2D eigenvalue weighted by atomic mass is 16.5. The van der Waals surface area contributed by atoms with Gasteiger partial charge in [0.1, 0.15) is 0 Å². The van der Waals surface area contributed by atoms with Crippen molar-refractivity contribution in [2.24, 2.45) is 5.73 Å². The van der Waals surface area contributed by atoms with Gasteiger partial charge in [-0.25, -0.2) is 0 Å². The van der Waals surface area contributed by atoms with E-state index in [2.05, 4.69) is 31.2 Å². The predicted molar refractivity (Wildman–Crippen MR) is 77.1 cm³/mol.